The lowest BCUT2D eigenvalue weighted by Crippen LogP contribution is -2.38. The summed E-state index contributed by atoms with van der Waals surface area (Å²) in [5.74, 6) is -0.568. The molecular formula is C34H34F3N5O7. The minimum absolute atomic E-state index is 0.00357. The molecule has 49 heavy (non-hydrogen) atoms. The molecule has 15 heteroatoms. The highest BCUT2D eigenvalue weighted by molar-refractivity contribution is 5.95. The summed E-state index contributed by atoms with van der Waals surface area (Å²) in [6.45, 7) is 6.38. The van der Waals surface area contributed by atoms with Gasteiger partial charge in [0, 0.05) is 20.1 Å². The number of carboxylic acids is 1. The first-order valence-corrected chi connectivity index (χ1v) is 15.8. The second kappa shape index (κ2) is 12.4. The van der Waals surface area contributed by atoms with Gasteiger partial charge in [-0.3, -0.25) is 5.01 Å². The molecular weight excluding hydrogens is 647 g/mol. The highest BCUT2D eigenvalue weighted by Gasteiger charge is 2.44. The number of rotatable bonds is 10. The highest BCUT2D eigenvalue weighted by Crippen LogP contribution is 2.51. The molecule has 3 aliphatic rings. The van der Waals surface area contributed by atoms with Crippen LogP contribution in [0, 0.1) is 0 Å². The van der Waals surface area contributed by atoms with Crippen molar-refractivity contribution in [1.82, 2.24) is 14.6 Å². The number of carboxylic acid groups (broad SMARTS) is 1. The topological polar surface area (TPSA) is 120 Å². The van der Waals surface area contributed by atoms with E-state index in [0.717, 1.165) is 18.6 Å². The van der Waals surface area contributed by atoms with Gasteiger partial charge in [-0.05, 0) is 55.8 Å². The average molecular weight is 682 g/mol. The van der Waals surface area contributed by atoms with Crippen LogP contribution in [0.25, 0.3) is 11.0 Å². The van der Waals surface area contributed by atoms with Crippen molar-refractivity contribution in [3.8, 4) is 23.0 Å². The van der Waals surface area contributed by atoms with E-state index in [1.807, 2.05) is 27.5 Å². The van der Waals surface area contributed by atoms with Crippen molar-refractivity contribution in [2.75, 3.05) is 38.3 Å². The molecule has 12 nitrogen and oxygen atoms in total. The van der Waals surface area contributed by atoms with Gasteiger partial charge in [-0.15, -0.1) is 0 Å². The van der Waals surface area contributed by atoms with Crippen LogP contribution in [0.15, 0.2) is 53.6 Å². The van der Waals surface area contributed by atoms with Crippen molar-refractivity contribution in [2.45, 2.75) is 51.4 Å². The molecule has 0 bridgehead atoms. The minimum atomic E-state index is -4.53. The van der Waals surface area contributed by atoms with Gasteiger partial charge < -0.3 is 38.3 Å². The number of hydrazone groups is 1. The standard InChI is InChI=1S/C34H34F3N5O7/c1-4-46-28-15-20(32(43)44)14-25-30(28)39-29(42(25)17-22-10-13-47-22)18-41-12-11-40(19-38-41)24-6-5-7-26-31(24)49-33(2,48-26)23-9-8-21(34(35,36)37)16-27(23)45-3/h5-9,14-16,19,22H,4,10-13,17-18H2,1-3H3,(H,43,44)/t22-,33?/m0/s1. The maximum atomic E-state index is 13.4. The van der Waals surface area contributed by atoms with Crippen molar-refractivity contribution < 1.29 is 46.8 Å². The van der Waals surface area contributed by atoms with Crippen molar-refractivity contribution in [3.63, 3.8) is 0 Å². The molecule has 0 saturated carbocycles. The maximum absolute atomic E-state index is 13.4. The molecule has 1 N–H and O–H groups in total. The van der Waals surface area contributed by atoms with E-state index in [4.69, 9.17) is 33.8 Å². The Kier molecular flexibility index (Phi) is 8.17. The smallest absolute Gasteiger partial charge is 0.416 e. The third-order valence-electron chi connectivity index (χ3n) is 8.79. The zero-order valence-electron chi connectivity index (χ0n) is 27.0. The number of ether oxygens (including phenoxy) is 5. The molecule has 7 rings (SSSR count). The number of carbonyl (C=O) groups is 1. The molecule has 1 unspecified atom stereocenters. The van der Waals surface area contributed by atoms with Crippen molar-refractivity contribution in [3.05, 3.63) is 71.0 Å². The zero-order chi connectivity index (χ0) is 34.5. The Labute approximate surface area is 279 Å². The predicted molar refractivity (Wildman–Crippen MR) is 172 cm³/mol. The van der Waals surface area contributed by atoms with Crippen LogP contribution in [0.4, 0.5) is 18.9 Å². The summed E-state index contributed by atoms with van der Waals surface area (Å²) in [5.41, 5.74) is 1.48. The number of methoxy groups -OCH3 is 1. The third kappa shape index (κ3) is 6.03. The van der Waals surface area contributed by atoms with Crippen molar-refractivity contribution >= 4 is 29.0 Å². The molecule has 258 valence electrons. The molecule has 0 amide bonds. The molecule has 3 aromatic carbocycles. The third-order valence-corrected chi connectivity index (χ3v) is 8.79. The van der Waals surface area contributed by atoms with E-state index in [1.54, 1.807) is 31.5 Å². The summed E-state index contributed by atoms with van der Waals surface area (Å²) >= 11 is 0. The Hall–Kier alpha value is -5.18. The van der Waals surface area contributed by atoms with Gasteiger partial charge in [-0.25, -0.2) is 9.78 Å². The van der Waals surface area contributed by atoms with Gasteiger partial charge in [0.15, 0.2) is 11.5 Å². The predicted octanol–water partition coefficient (Wildman–Crippen LogP) is 5.86. The number of nitrogens with zero attached hydrogens (tertiary/aromatic N) is 5. The number of hydrogen-bond acceptors (Lipinski definition) is 10. The van der Waals surface area contributed by atoms with Crippen LogP contribution < -0.4 is 23.8 Å². The molecule has 4 heterocycles. The lowest BCUT2D eigenvalue weighted by Gasteiger charge is -2.31. The first-order chi connectivity index (χ1) is 23.5. The van der Waals surface area contributed by atoms with E-state index in [9.17, 15) is 23.1 Å². The largest absolute Gasteiger partial charge is 0.496 e. The molecule has 3 aliphatic heterocycles. The number of halogens is 3. The number of fused-ring (bicyclic) bond motifs is 2. The number of aromatic nitrogens is 2. The van der Waals surface area contributed by atoms with Crippen LogP contribution in [0.3, 0.4) is 0 Å². The van der Waals surface area contributed by atoms with Crippen LogP contribution in [0.5, 0.6) is 23.0 Å². The summed E-state index contributed by atoms with van der Waals surface area (Å²) in [5, 5.41) is 16.3. The molecule has 2 atom stereocenters. The van der Waals surface area contributed by atoms with E-state index in [2.05, 4.69) is 0 Å². The number of alkyl halides is 3. The fourth-order valence-electron chi connectivity index (χ4n) is 6.22. The lowest BCUT2D eigenvalue weighted by molar-refractivity contribution is -0.137. The van der Waals surface area contributed by atoms with Gasteiger partial charge >= 0.3 is 12.1 Å². The number of para-hydroxylation sites is 1. The van der Waals surface area contributed by atoms with Crippen LogP contribution in [0.2, 0.25) is 0 Å². The van der Waals surface area contributed by atoms with Gasteiger partial charge in [0.1, 0.15) is 29.2 Å². The summed E-state index contributed by atoms with van der Waals surface area (Å²) in [4.78, 5) is 18.7. The van der Waals surface area contributed by atoms with Gasteiger partial charge in [0.05, 0.1) is 67.3 Å². The van der Waals surface area contributed by atoms with E-state index in [-0.39, 0.29) is 17.4 Å². The average Bonchev–Trinajstić information content (AvgIpc) is 3.59. The van der Waals surface area contributed by atoms with Crippen LogP contribution in [-0.2, 0) is 29.8 Å². The van der Waals surface area contributed by atoms with Crippen molar-refractivity contribution in [2.24, 2.45) is 5.10 Å². The Bertz CT molecular complexity index is 1940. The number of benzene rings is 3. The number of hydrogen-bond donors (Lipinski definition) is 1. The molecule has 1 fully saturated rings. The summed E-state index contributed by atoms with van der Waals surface area (Å²) in [7, 11) is 1.30. The van der Waals surface area contributed by atoms with Crippen LogP contribution in [-0.4, -0.2) is 71.5 Å². The first kappa shape index (κ1) is 32.4. The molecule has 0 spiro atoms. The second-order valence-corrected chi connectivity index (χ2v) is 12.0. The summed E-state index contributed by atoms with van der Waals surface area (Å²) in [6.07, 6.45) is -1.97. The monoisotopic (exact) mass is 681 g/mol. The second-order valence-electron chi connectivity index (χ2n) is 12.0. The van der Waals surface area contributed by atoms with E-state index >= 15 is 0 Å². The SMILES string of the molecule is CCOc1cc(C(=O)O)cc2c1nc(CN1CCN(c3cccc4c3OC(C)(c3ccc(C(F)(F)F)cc3OC)O4)C=N1)n2C[C@@H]1CCO1. The minimum Gasteiger partial charge on any atom is -0.496 e. The van der Waals surface area contributed by atoms with Crippen LogP contribution >= 0.6 is 0 Å². The fraction of sp³-hybridized carbons (Fsp3) is 0.382. The Morgan fingerprint density at radius 1 is 1.12 bits per heavy atom. The number of anilines is 1. The van der Waals surface area contributed by atoms with E-state index < -0.39 is 23.5 Å². The Morgan fingerprint density at radius 2 is 1.94 bits per heavy atom. The van der Waals surface area contributed by atoms with Gasteiger partial charge in [0.2, 0.25) is 0 Å². The van der Waals surface area contributed by atoms with Gasteiger partial charge in [0.25, 0.3) is 5.79 Å². The van der Waals surface area contributed by atoms with Crippen molar-refractivity contribution in [1.29, 1.82) is 0 Å². The van der Waals surface area contributed by atoms with Gasteiger partial charge in [-0.2, -0.15) is 18.3 Å². The lowest BCUT2D eigenvalue weighted by atomic mass is 10.0. The summed E-state index contributed by atoms with van der Waals surface area (Å²) < 4.78 is 71.5. The maximum Gasteiger partial charge on any atom is 0.416 e. The Morgan fingerprint density at radius 3 is 2.59 bits per heavy atom. The highest BCUT2D eigenvalue weighted by atomic mass is 19.4. The molecule has 1 saturated heterocycles. The molecule has 0 aliphatic carbocycles. The first-order valence-electron chi connectivity index (χ1n) is 15.8. The molecule has 4 aromatic rings. The molecule has 1 aromatic heterocycles. The van der Waals surface area contributed by atoms with Gasteiger partial charge in [-0.1, -0.05) is 6.07 Å². The summed E-state index contributed by atoms with van der Waals surface area (Å²) in [6, 6.07) is 11.7. The quantitative estimate of drug-likeness (QED) is 0.218. The van der Waals surface area contributed by atoms with E-state index in [0.29, 0.717) is 84.7 Å². The Balaban J connectivity index is 1.14. The normalized spacial score (nSPS) is 20.1. The zero-order valence-corrected chi connectivity index (χ0v) is 27.0. The number of imidazole rings is 1. The molecule has 0 radical (unpaired) electrons. The van der Waals surface area contributed by atoms with Crippen LogP contribution in [0.1, 0.15) is 47.6 Å². The van der Waals surface area contributed by atoms with E-state index in [1.165, 1.54) is 19.2 Å². The number of aromatic carboxylic acids is 1. The fourth-order valence-corrected chi connectivity index (χ4v) is 6.22.